The highest BCUT2D eigenvalue weighted by molar-refractivity contribution is 5.92. The standard InChI is InChI=1S/C23H31N5O/c1-17-19(11-12-22(29)24-13-8-16-27-14-6-3-7-15-27)18(2)28-23(25-17)20-9-4-5-10-21(20)26-28/h4-5,9-10H,3,6-8,11-16H2,1-2H3,(H,24,29). The van der Waals surface area contributed by atoms with Crippen molar-refractivity contribution >= 4 is 22.5 Å². The fraction of sp³-hybridized carbons (Fsp3) is 0.522. The van der Waals surface area contributed by atoms with Crippen LogP contribution in [0.25, 0.3) is 16.6 Å². The van der Waals surface area contributed by atoms with Crippen molar-refractivity contribution in [2.45, 2.75) is 52.4 Å². The van der Waals surface area contributed by atoms with E-state index in [2.05, 4.69) is 23.2 Å². The Morgan fingerprint density at radius 3 is 2.76 bits per heavy atom. The molecule has 1 amide bonds. The van der Waals surface area contributed by atoms with Gasteiger partial charge in [-0.05, 0) is 76.9 Å². The van der Waals surface area contributed by atoms with Crippen molar-refractivity contribution in [2.24, 2.45) is 0 Å². The second kappa shape index (κ2) is 8.91. The maximum absolute atomic E-state index is 12.3. The van der Waals surface area contributed by atoms with Gasteiger partial charge in [-0.3, -0.25) is 4.79 Å². The Hall–Kier alpha value is -2.47. The third kappa shape index (κ3) is 4.42. The van der Waals surface area contributed by atoms with E-state index >= 15 is 0 Å². The first-order valence-corrected chi connectivity index (χ1v) is 10.9. The van der Waals surface area contributed by atoms with Crippen molar-refractivity contribution in [1.29, 1.82) is 0 Å². The number of piperidine rings is 1. The quantitative estimate of drug-likeness (QED) is 0.625. The zero-order valence-electron chi connectivity index (χ0n) is 17.6. The third-order valence-electron chi connectivity index (χ3n) is 6.04. The van der Waals surface area contributed by atoms with Crippen molar-refractivity contribution in [3.05, 3.63) is 41.2 Å². The van der Waals surface area contributed by atoms with Gasteiger partial charge >= 0.3 is 0 Å². The first kappa shape index (κ1) is 19.8. The van der Waals surface area contributed by atoms with Crippen LogP contribution in [-0.4, -0.2) is 51.6 Å². The van der Waals surface area contributed by atoms with Gasteiger partial charge in [-0.15, -0.1) is 0 Å². The van der Waals surface area contributed by atoms with E-state index in [1.807, 2.05) is 29.6 Å². The monoisotopic (exact) mass is 393 g/mol. The van der Waals surface area contributed by atoms with E-state index in [0.717, 1.165) is 53.0 Å². The largest absolute Gasteiger partial charge is 0.356 e. The number of fused-ring (bicyclic) bond motifs is 3. The van der Waals surface area contributed by atoms with Gasteiger partial charge in [0.2, 0.25) is 5.91 Å². The summed E-state index contributed by atoms with van der Waals surface area (Å²) in [6.07, 6.45) is 6.19. The Kier molecular flexibility index (Phi) is 6.09. The number of rotatable bonds is 7. The summed E-state index contributed by atoms with van der Waals surface area (Å²) in [7, 11) is 0. The molecule has 6 nitrogen and oxygen atoms in total. The molecule has 154 valence electrons. The number of carbonyl (C=O) groups is 1. The average molecular weight is 394 g/mol. The zero-order chi connectivity index (χ0) is 20.2. The fourth-order valence-corrected chi connectivity index (χ4v) is 4.38. The summed E-state index contributed by atoms with van der Waals surface area (Å²) in [6, 6.07) is 8.07. The molecule has 29 heavy (non-hydrogen) atoms. The lowest BCUT2D eigenvalue weighted by molar-refractivity contribution is -0.121. The molecule has 1 aliphatic heterocycles. The van der Waals surface area contributed by atoms with Gasteiger partial charge in [0.25, 0.3) is 0 Å². The number of benzene rings is 1. The summed E-state index contributed by atoms with van der Waals surface area (Å²) in [5.74, 6) is 0.119. The number of hydrogen-bond donors (Lipinski definition) is 1. The van der Waals surface area contributed by atoms with Gasteiger partial charge in [-0.2, -0.15) is 5.10 Å². The Morgan fingerprint density at radius 1 is 1.14 bits per heavy atom. The average Bonchev–Trinajstić information content (AvgIpc) is 3.11. The van der Waals surface area contributed by atoms with E-state index in [1.165, 1.54) is 32.4 Å². The molecule has 0 unspecified atom stereocenters. The van der Waals surface area contributed by atoms with Crippen molar-refractivity contribution in [2.75, 3.05) is 26.2 Å². The number of carbonyl (C=O) groups excluding carboxylic acids is 1. The molecule has 1 saturated heterocycles. The molecule has 0 saturated carbocycles. The Morgan fingerprint density at radius 2 is 1.93 bits per heavy atom. The molecule has 3 aromatic rings. The minimum Gasteiger partial charge on any atom is -0.356 e. The van der Waals surface area contributed by atoms with Crippen molar-refractivity contribution in [3.63, 3.8) is 0 Å². The summed E-state index contributed by atoms with van der Waals surface area (Å²) in [6.45, 7) is 8.37. The van der Waals surface area contributed by atoms with Gasteiger partial charge in [0.15, 0.2) is 5.65 Å². The van der Waals surface area contributed by atoms with E-state index in [9.17, 15) is 4.79 Å². The molecule has 6 heteroatoms. The predicted molar refractivity (Wildman–Crippen MR) is 116 cm³/mol. The van der Waals surface area contributed by atoms with Crippen molar-refractivity contribution in [1.82, 2.24) is 24.8 Å². The molecular weight excluding hydrogens is 362 g/mol. The van der Waals surface area contributed by atoms with E-state index in [-0.39, 0.29) is 5.91 Å². The number of likely N-dealkylation sites (tertiary alicyclic amines) is 1. The van der Waals surface area contributed by atoms with Gasteiger partial charge in [0.05, 0.1) is 5.52 Å². The summed E-state index contributed by atoms with van der Waals surface area (Å²) in [4.78, 5) is 19.6. The summed E-state index contributed by atoms with van der Waals surface area (Å²) in [5.41, 5.74) is 5.02. The second-order valence-corrected chi connectivity index (χ2v) is 8.12. The van der Waals surface area contributed by atoms with Crippen LogP contribution in [0.15, 0.2) is 24.3 Å². The number of aryl methyl sites for hydroxylation is 2. The maximum atomic E-state index is 12.3. The molecule has 1 fully saturated rings. The number of nitrogens with zero attached hydrogens (tertiary/aromatic N) is 4. The number of amides is 1. The van der Waals surface area contributed by atoms with E-state index < -0.39 is 0 Å². The van der Waals surface area contributed by atoms with E-state index in [0.29, 0.717) is 12.8 Å². The first-order chi connectivity index (χ1) is 14.1. The lowest BCUT2D eigenvalue weighted by Crippen LogP contribution is -2.33. The first-order valence-electron chi connectivity index (χ1n) is 10.9. The highest BCUT2D eigenvalue weighted by Crippen LogP contribution is 2.22. The Balaban J connectivity index is 1.34. The van der Waals surface area contributed by atoms with Crippen LogP contribution in [0.4, 0.5) is 0 Å². The smallest absolute Gasteiger partial charge is 0.220 e. The molecule has 1 aromatic carbocycles. The summed E-state index contributed by atoms with van der Waals surface area (Å²) >= 11 is 0. The molecule has 1 aliphatic rings. The van der Waals surface area contributed by atoms with Crippen LogP contribution in [0.2, 0.25) is 0 Å². The van der Waals surface area contributed by atoms with Crippen LogP contribution in [0, 0.1) is 13.8 Å². The van der Waals surface area contributed by atoms with Gasteiger partial charge in [-0.25, -0.2) is 9.50 Å². The van der Waals surface area contributed by atoms with Crippen molar-refractivity contribution < 1.29 is 4.79 Å². The third-order valence-corrected chi connectivity index (χ3v) is 6.04. The van der Waals surface area contributed by atoms with Crippen LogP contribution in [0.5, 0.6) is 0 Å². The molecule has 0 atom stereocenters. The number of nitrogens with one attached hydrogen (secondary N) is 1. The molecule has 4 rings (SSSR count). The lowest BCUT2D eigenvalue weighted by Gasteiger charge is -2.26. The Bertz CT molecular complexity index is 1000. The lowest BCUT2D eigenvalue weighted by atomic mass is 10.1. The van der Waals surface area contributed by atoms with Gasteiger partial charge in [-0.1, -0.05) is 18.6 Å². The minimum atomic E-state index is 0.119. The molecule has 0 bridgehead atoms. The molecular formula is C23H31N5O. The highest BCUT2D eigenvalue weighted by atomic mass is 16.1. The SMILES string of the molecule is Cc1nc2c3ccccc3nn2c(C)c1CCC(=O)NCCCN1CCCCC1. The minimum absolute atomic E-state index is 0.119. The van der Waals surface area contributed by atoms with Gasteiger partial charge in [0.1, 0.15) is 0 Å². The molecule has 0 radical (unpaired) electrons. The highest BCUT2D eigenvalue weighted by Gasteiger charge is 2.15. The van der Waals surface area contributed by atoms with Crippen LogP contribution in [-0.2, 0) is 11.2 Å². The van der Waals surface area contributed by atoms with E-state index in [1.54, 1.807) is 0 Å². The normalized spacial score (nSPS) is 15.2. The molecule has 1 N–H and O–H groups in total. The van der Waals surface area contributed by atoms with Gasteiger partial charge in [0, 0.05) is 29.7 Å². The van der Waals surface area contributed by atoms with Crippen LogP contribution in [0.1, 0.15) is 49.1 Å². The zero-order valence-corrected chi connectivity index (χ0v) is 17.6. The summed E-state index contributed by atoms with van der Waals surface area (Å²) < 4.78 is 1.92. The molecule has 2 aromatic heterocycles. The summed E-state index contributed by atoms with van der Waals surface area (Å²) in [5, 5.41) is 8.85. The van der Waals surface area contributed by atoms with Crippen LogP contribution < -0.4 is 5.32 Å². The van der Waals surface area contributed by atoms with Crippen molar-refractivity contribution in [3.8, 4) is 0 Å². The molecule has 0 spiro atoms. The fourth-order valence-electron chi connectivity index (χ4n) is 4.38. The molecule has 0 aliphatic carbocycles. The van der Waals surface area contributed by atoms with Crippen LogP contribution >= 0.6 is 0 Å². The van der Waals surface area contributed by atoms with Crippen LogP contribution in [0.3, 0.4) is 0 Å². The maximum Gasteiger partial charge on any atom is 0.220 e. The van der Waals surface area contributed by atoms with E-state index in [4.69, 9.17) is 10.1 Å². The molecule has 3 heterocycles. The predicted octanol–water partition coefficient (Wildman–Crippen LogP) is 3.42. The topological polar surface area (TPSA) is 62.5 Å². The second-order valence-electron chi connectivity index (χ2n) is 8.12. The number of aromatic nitrogens is 3. The Labute approximate surface area is 172 Å². The number of hydrogen-bond acceptors (Lipinski definition) is 4. The van der Waals surface area contributed by atoms with Gasteiger partial charge < -0.3 is 10.2 Å².